The quantitative estimate of drug-likeness (QED) is 0.816. The van der Waals surface area contributed by atoms with E-state index < -0.39 is 23.2 Å². The van der Waals surface area contributed by atoms with Crippen molar-refractivity contribution in [3.63, 3.8) is 0 Å². The molecule has 1 aliphatic carbocycles. The van der Waals surface area contributed by atoms with Crippen LogP contribution in [0.15, 0.2) is 18.3 Å². The zero-order chi connectivity index (χ0) is 19.2. The molecule has 0 bridgehead atoms. The molecule has 4 nitrogen and oxygen atoms in total. The SMILES string of the molecule is CC(F)(F)C1(NC(=O)C2CCN(c3ccc(C(F)(F)F)cn3)CC2)CC1. The van der Waals surface area contributed by atoms with Gasteiger partial charge in [0.2, 0.25) is 5.91 Å². The number of nitrogens with zero attached hydrogens (tertiary/aromatic N) is 2. The Morgan fingerprint density at radius 2 is 1.81 bits per heavy atom. The molecule has 26 heavy (non-hydrogen) atoms. The van der Waals surface area contributed by atoms with Gasteiger partial charge in [-0.05, 0) is 37.8 Å². The van der Waals surface area contributed by atoms with E-state index in [4.69, 9.17) is 0 Å². The van der Waals surface area contributed by atoms with E-state index in [1.54, 1.807) is 4.90 Å². The Kier molecular flexibility index (Phi) is 4.60. The first-order chi connectivity index (χ1) is 12.0. The summed E-state index contributed by atoms with van der Waals surface area (Å²) < 4.78 is 64.9. The fourth-order valence-corrected chi connectivity index (χ4v) is 3.25. The minimum atomic E-state index is -4.43. The van der Waals surface area contributed by atoms with Gasteiger partial charge < -0.3 is 10.2 Å². The summed E-state index contributed by atoms with van der Waals surface area (Å²) in [5.41, 5.74) is -2.22. The predicted octanol–water partition coefficient (Wildman–Crippen LogP) is 3.62. The smallest absolute Gasteiger partial charge is 0.357 e. The molecule has 144 valence electrons. The number of carbonyl (C=O) groups excluding carboxylic acids is 1. The van der Waals surface area contributed by atoms with E-state index in [0.717, 1.165) is 19.2 Å². The zero-order valence-corrected chi connectivity index (χ0v) is 14.2. The summed E-state index contributed by atoms with van der Waals surface area (Å²) in [4.78, 5) is 17.9. The van der Waals surface area contributed by atoms with Gasteiger partial charge >= 0.3 is 6.18 Å². The summed E-state index contributed by atoms with van der Waals surface area (Å²) in [6.45, 7) is 1.69. The summed E-state index contributed by atoms with van der Waals surface area (Å²) in [6.07, 6.45) is -2.21. The molecular formula is C17H20F5N3O. The lowest BCUT2D eigenvalue weighted by molar-refractivity contribution is -0.137. The molecule has 1 amide bonds. The Morgan fingerprint density at radius 3 is 2.23 bits per heavy atom. The van der Waals surface area contributed by atoms with E-state index in [1.165, 1.54) is 6.07 Å². The summed E-state index contributed by atoms with van der Waals surface area (Å²) >= 11 is 0. The predicted molar refractivity (Wildman–Crippen MR) is 84.9 cm³/mol. The second-order valence-electron chi connectivity index (χ2n) is 7.12. The van der Waals surface area contributed by atoms with Crippen LogP contribution >= 0.6 is 0 Å². The first-order valence-corrected chi connectivity index (χ1v) is 8.50. The van der Waals surface area contributed by atoms with Gasteiger partial charge in [0, 0.05) is 32.1 Å². The Bertz CT molecular complexity index is 656. The molecule has 0 aromatic carbocycles. The Hall–Kier alpha value is -1.93. The van der Waals surface area contributed by atoms with Gasteiger partial charge in [-0.1, -0.05) is 0 Å². The molecule has 0 atom stereocenters. The molecule has 1 saturated heterocycles. The fourth-order valence-electron chi connectivity index (χ4n) is 3.25. The highest BCUT2D eigenvalue weighted by Crippen LogP contribution is 2.48. The van der Waals surface area contributed by atoms with Gasteiger partial charge in [-0.15, -0.1) is 0 Å². The van der Waals surface area contributed by atoms with Gasteiger partial charge in [0.15, 0.2) is 0 Å². The van der Waals surface area contributed by atoms with E-state index in [-0.39, 0.29) is 24.7 Å². The lowest BCUT2D eigenvalue weighted by Gasteiger charge is -2.33. The number of aromatic nitrogens is 1. The van der Waals surface area contributed by atoms with E-state index in [0.29, 0.717) is 31.7 Å². The third-order valence-corrected chi connectivity index (χ3v) is 5.22. The molecule has 2 heterocycles. The molecule has 9 heteroatoms. The van der Waals surface area contributed by atoms with Crippen LogP contribution in [0, 0.1) is 5.92 Å². The van der Waals surface area contributed by atoms with Crippen LogP contribution < -0.4 is 10.2 Å². The molecule has 1 aromatic rings. The van der Waals surface area contributed by atoms with Crippen LogP contribution in [-0.2, 0) is 11.0 Å². The summed E-state index contributed by atoms with van der Waals surface area (Å²) in [5, 5.41) is 2.51. The summed E-state index contributed by atoms with van der Waals surface area (Å²) in [6, 6.07) is 2.28. The third kappa shape index (κ3) is 3.76. The first kappa shape index (κ1) is 18.8. The van der Waals surface area contributed by atoms with Gasteiger partial charge in [0.05, 0.1) is 5.56 Å². The number of anilines is 1. The highest BCUT2D eigenvalue weighted by molar-refractivity contribution is 5.80. The number of amides is 1. The molecule has 0 unspecified atom stereocenters. The lowest BCUT2D eigenvalue weighted by atomic mass is 9.95. The Labute approximate surface area is 147 Å². The molecule has 2 fully saturated rings. The molecule has 1 N–H and O–H groups in total. The lowest BCUT2D eigenvalue weighted by Crippen LogP contribution is -2.51. The number of nitrogens with one attached hydrogen (secondary N) is 1. The van der Waals surface area contributed by atoms with Crippen molar-refractivity contribution in [2.45, 2.75) is 50.2 Å². The fraction of sp³-hybridized carbons (Fsp3) is 0.647. The minimum Gasteiger partial charge on any atom is -0.357 e. The second-order valence-corrected chi connectivity index (χ2v) is 7.12. The van der Waals surface area contributed by atoms with E-state index in [2.05, 4.69) is 10.3 Å². The number of pyridine rings is 1. The molecule has 0 radical (unpaired) electrons. The van der Waals surface area contributed by atoms with Crippen LogP contribution in [0.3, 0.4) is 0 Å². The molecular weight excluding hydrogens is 357 g/mol. The maximum atomic E-state index is 13.6. The maximum Gasteiger partial charge on any atom is 0.417 e. The zero-order valence-electron chi connectivity index (χ0n) is 14.2. The minimum absolute atomic E-state index is 0.274. The van der Waals surface area contributed by atoms with Crippen LogP contribution in [0.2, 0.25) is 0 Å². The number of halogens is 5. The van der Waals surface area contributed by atoms with Gasteiger partial charge in [0.1, 0.15) is 11.4 Å². The number of carbonyl (C=O) groups is 1. The number of hydrogen-bond donors (Lipinski definition) is 1. The molecule has 0 spiro atoms. The van der Waals surface area contributed by atoms with Crippen molar-refractivity contribution in [3.8, 4) is 0 Å². The topological polar surface area (TPSA) is 45.2 Å². The van der Waals surface area contributed by atoms with Crippen molar-refractivity contribution >= 4 is 11.7 Å². The van der Waals surface area contributed by atoms with Crippen molar-refractivity contribution in [1.29, 1.82) is 0 Å². The largest absolute Gasteiger partial charge is 0.417 e. The van der Waals surface area contributed by atoms with Crippen LogP contribution in [0.1, 0.15) is 38.2 Å². The highest BCUT2D eigenvalue weighted by atomic mass is 19.4. The van der Waals surface area contributed by atoms with E-state index in [9.17, 15) is 26.7 Å². The van der Waals surface area contributed by atoms with Crippen molar-refractivity contribution in [3.05, 3.63) is 23.9 Å². The van der Waals surface area contributed by atoms with Crippen LogP contribution in [0.25, 0.3) is 0 Å². The van der Waals surface area contributed by atoms with Crippen LogP contribution in [0.4, 0.5) is 27.8 Å². The summed E-state index contributed by atoms with van der Waals surface area (Å²) in [5.74, 6) is -3.28. The molecule has 1 aromatic heterocycles. The monoisotopic (exact) mass is 377 g/mol. The van der Waals surface area contributed by atoms with Gasteiger partial charge in [0.25, 0.3) is 5.92 Å². The standard InChI is InChI=1S/C17H20F5N3O/c1-15(18,19)16(6-7-16)24-14(26)11-4-8-25(9-5-11)13-3-2-12(10-23-13)17(20,21)22/h2-3,10-11H,4-9H2,1H3,(H,24,26). The van der Waals surface area contributed by atoms with E-state index >= 15 is 0 Å². The van der Waals surface area contributed by atoms with Crippen molar-refractivity contribution < 1.29 is 26.7 Å². The number of rotatable bonds is 4. The molecule has 1 saturated carbocycles. The average Bonchev–Trinajstić information content (AvgIpc) is 3.35. The van der Waals surface area contributed by atoms with Crippen molar-refractivity contribution in [1.82, 2.24) is 10.3 Å². The number of alkyl halides is 5. The highest BCUT2D eigenvalue weighted by Gasteiger charge is 2.60. The maximum absolute atomic E-state index is 13.6. The Morgan fingerprint density at radius 1 is 1.19 bits per heavy atom. The van der Waals surface area contributed by atoms with Gasteiger partial charge in [-0.3, -0.25) is 4.79 Å². The second kappa shape index (κ2) is 6.35. The number of piperidine rings is 1. The van der Waals surface area contributed by atoms with Crippen molar-refractivity contribution in [2.24, 2.45) is 5.92 Å². The van der Waals surface area contributed by atoms with E-state index in [1.807, 2.05) is 0 Å². The molecule has 1 aliphatic heterocycles. The first-order valence-electron chi connectivity index (χ1n) is 8.50. The third-order valence-electron chi connectivity index (χ3n) is 5.22. The normalized spacial score (nSPS) is 20.8. The van der Waals surface area contributed by atoms with Crippen LogP contribution in [0.5, 0.6) is 0 Å². The van der Waals surface area contributed by atoms with Gasteiger partial charge in [-0.25, -0.2) is 13.8 Å². The van der Waals surface area contributed by atoms with Gasteiger partial charge in [-0.2, -0.15) is 13.2 Å². The number of hydrogen-bond acceptors (Lipinski definition) is 3. The molecule has 3 rings (SSSR count). The van der Waals surface area contributed by atoms with Crippen LogP contribution in [-0.4, -0.2) is 35.4 Å². The Balaban J connectivity index is 1.55. The molecule has 2 aliphatic rings. The summed E-state index contributed by atoms with van der Waals surface area (Å²) in [7, 11) is 0. The average molecular weight is 377 g/mol. The van der Waals surface area contributed by atoms with Crippen molar-refractivity contribution in [2.75, 3.05) is 18.0 Å².